The van der Waals surface area contributed by atoms with Crippen LogP contribution in [0.1, 0.15) is 48.5 Å². The predicted molar refractivity (Wildman–Crippen MR) is 102 cm³/mol. The van der Waals surface area contributed by atoms with Crippen LogP contribution in [0.25, 0.3) is 0 Å². The van der Waals surface area contributed by atoms with E-state index in [0.717, 1.165) is 17.9 Å². The molecule has 1 saturated carbocycles. The van der Waals surface area contributed by atoms with E-state index in [1.807, 2.05) is 30.3 Å². The fourth-order valence-electron chi connectivity index (χ4n) is 3.77. The highest BCUT2D eigenvalue weighted by molar-refractivity contribution is 6.30. The molecule has 0 spiro atoms. The second kappa shape index (κ2) is 7.60. The van der Waals surface area contributed by atoms with E-state index in [-0.39, 0.29) is 5.54 Å². The van der Waals surface area contributed by atoms with Crippen LogP contribution in [0.3, 0.4) is 0 Å². The minimum absolute atomic E-state index is 0.0230. The number of hydrogen-bond acceptors (Lipinski definition) is 4. The summed E-state index contributed by atoms with van der Waals surface area (Å²) in [6.07, 6.45) is 5.34. The molecule has 2 aromatic carbocycles. The van der Waals surface area contributed by atoms with Crippen LogP contribution in [0.4, 0.5) is 0 Å². The van der Waals surface area contributed by atoms with Crippen molar-refractivity contribution in [2.45, 2.75) is 44.2 Å². The molecule has 5 heteroatoms. The van der Waals surface area contributed by atoms with Gasteiger partial charge < -0.3 is 9.84 Å². The first-order valence-electron chi connectivity index (χ1n) is 9.10. The van der Waals surface area contributed by atoms with Crippen LogP contribution < -0.4 is 5.32 Å². The summed E-state index contributed by atoms with van der Waals surface area (Å²) in [7, 11) is 0. The van der Waals surface area contributed by atoms with Crippen LogP contribution in [-0.2, 0) is 18.5 Å². The summed E-state index contributed by atoms with van der Waals surface area (Å²) >= 11 is 6.05. The molecule has 4 nitrogen and oxygen atoms in total. The Hall–Kier alpha value is -2.17. The largest absolute Gasteiger partial charge is 0.339 e. The number of hydrogen-bond donors (Lipinski definition) is 1. The second-order valence-corrected chi connectivity index (χ2v) is 7.35. The van der Waals surface area contributed by atoms with E-state index < -0.39 is 0 Å². The maximum absolute atomic E-state index is 6.05. The Balaban J connectivity index is 1.44. The maximum atomic E-state index is 6.05. The van der Waals surface area contributed by atoms with Crippen molar-refractivity contribution in [2.24, 2.45) is 0 Å². The van der Waals surface area contributed by atoms with Crippen LogP contribution in [0.5, 0.6) is 0 Å². The molecule has 4 rings (SSSR count). The number of nitrogens with zero attached hydrogens (tertiary/aromatic N) is 2. The molecule has 0 amide bonds. The van der Waals surface area contributed by atoms with Crippen LogP contribution >= 0.6 is 11.6 Å². The van der Waals surface area contributed by atoms with E-state index in [9.17, 15) is 0 Å². The van der Waals surface area contributed by atoms with Gasteiger partial charge >= 0.3 is 0 Å². The molecule has 0 aliphatic heterocycles. The van der Waals surface area contributed by atoms with Crippen molar-refractivity contribution in [1.82, 2.24) is 15.5 Å². The lowest BCUT2D eigenvalue weighted by Gasteiger charge is -2.30. The molecule has 134 valence electrons. The molecule has 26 heavy (non-hydrogen) atoms. The van der Waals surface area contributed by atoms with E-state index in [1.54, 1.807) is 0 Å². The molecule has 1 aromatic heterocycles. The van der Waals surface area contributed by atoms with Crippen molar-refractivity contribution < 1.29 is 4.52 Å². The smallest absolute Gasteiger partial charge is 0.231 e. The number of halogens is 1. The highest BCUT2D eigenvalue weighted by atomic mass is 35.5. The van der Waals surface area contributed by atoms with E-state index in [0.29, 0.717) is 24.7 Å². The summed E-state index contributed by atoms with van der Waals surface area (Å²) in [5.74, 6) is 1.36. The van der Waals surface area contributed by atoms with E-state index in [4.69, 9.17) is 16.1 Å². The SMILES string of the molecule is Clc1ccc(C2(NCc3noc(Cc4ccccc4)n3)CCCC2)cc1. The van der Waals surface area contributed by atoms with Crippen LogP contribution in [0.15, 0.2) is 59.1 Å². The lowest BCUT2D eigenvalue weighted by molar-refractivity contribution is 0.327. The average Bonchev–Trinajstić information content (AvgIpc) is 3.32. The van der Waals surface area contributed by atoms with Gasteiger partial charge in [0.2, 0.25) is 5.89 Å². The van der Waals surface area contributed by atoms with E-state index in [2.05, 4.69) is 39.7 Å². The van der Waals surface area contributed by atoms with Crippen LogP contribution in [-0.4, -0.2) is 10.1 Å². The standard InChI is InChI=1S/C21H22ClN3O/c22-18-10-8-17(9-11-18)21(12-4-5-13-21)23-15-19-24-20(26-25-19)14-16-6-2-1-3-7-16/h1-3,6-11,23H,4-5,12-15H2. The predicted octanol–water partition coefficient (Wildman–Crippen LogP) is 4.87. The third-order valence-electron chi connectivity index (χ3n) is 5.15. The number of rotatable bonds is 6. The summed E-state index contributed by atoms with van der Waals surface area (Å²) in [5, 5.41) is 8.61. The molecule has 1 fully saturated rings. The minimum atomic E-state index is -0.0230. The molecule has 0 radical (unpaired) electrons. The third kappa shape index (κ3) is 3.81. The van der Waals surface area contributed by atoms with Gasteiger partial charge in [0.05, 0.1) is 13.0 Å². The molecule has 1 aliphatic carbocycles. The van der Waals surface area contributed by atoms with Gasteiger partial charge in [0.15, 0.2) is 5.82 Å². The van der Waals surface area contributed by atoms with Gasteiger partial charge in [0.1, 0.15) is 0 Å². The number of aromatic nitrogens is 2. The lowest BCUT2D eigenvalue weighted by Crippen LogP contribution is -2.39. The summed E-state index contributed by atoms with van der Waals surface area (Å²) in [6, 6.07) is 18.3. The average molecular weight is 368 g/mol. The van der Waals surface area contributed by atoms with Gasteiger partial charge in [0.25, 0.3) is 0 Å². The monoisotopic (exact) mass is 367 g/mol. The maximum Gasteiger partial charge on any atom is 0.231 e. The topological polar surface area (TPSA) is 51.0 Å². The number of nitrogens with one attached hydrogen (secondary N) is 1. The first-order valence-corrected chi connectivity index (χ1v) is 9.48. The van der Waals surface area contributed by atoms with Crippen molar-refractivity contribution in [3.8, 4) is 0 Å². The van der Waals surface area contributed by atoms with Gasteiger partial charge in [-0.15, -0.1) is 0 Å². The zero-order valence-corrected chi connectivity index (χ0v) is 15.4. The summed E-state index contributed by atoms with van der Waals surface area (Å²) in [4.78, 5) is 4.54. The van der Waals surface area contributed by atoms with Gasteiger partial charge in [-0.1, -0.05) is 72.1 Å². The molecule has 0 unspecified atom stereocenters. The van der Waals surface area contributed by atoms with Crippen molar-refractivity contribution in [2.75, 3.05) is 0 Å². The van der Waals surface area contributed by atoms with Gasteiger partial charge in [-0.2, -0.15) is 4.98 Å². The second-order valence-electron chi connectivity index (χ2n) is 6.92. The van der Waals surface area contributed by atoms with E-state index >= 15 is 0 Å². The first-order chi connectivity index (χ1) is 12.7. The zero-order valence-electron chi connectivity index (χ0n) is 14.6. The third-order valence-corrected chi connectivity index (χ3v) is 5.40. The highest BCUT2D eigenvalue weighted by Gasteiger charge is 2.35. The molecule has 0 bridgehead atoms. The Labute approximate surface area is 158 Å². The fraction of sp³-hybridized carbons (Fsp3) is 0.333. The summed E-state index contributed by atoms with van der Waals surface area (Å²) in [6.45, 7) is 0.598. The zero-order chi connectivity index (χ0) is 17.8. The van der Waals surface area contributed by atoms with Crippen LogP contribution in [0.2, 0.25) is 5.02 Å². The quantitative estimate of drug-likeness (QED) is 0.675. The van der Waals surface area contributed by atoms with E-state index in [1.165, 1.54) is 24.0 Å². The number of benzene rings is 2. The summed E-state index contributed by atoms with van der Waals surface area (Å²) < 4.78 is 5.42. The van der Waals surface area contributed by atoms with Crippen molar-refractivity contribution in [3.63, 3.8) is 0 Å². The van der Waals surface area contributed by atoms with Crippen molar-refractivity contribution in [1.29, 1.82) is 0 Å². The Morgan fingerprint density at radius 3 is 2.46 bits per heavy atom. The highest BCUT2D eigenvalue weighted by Crippen LogP contribution is 2.39. The van der Waals surface area contributed by atoms with Crippen molar-refractivity contribution >= 4 is 11.6 Å². The Morgan fingerprint density at radius 2 is 1.73 bits per heavy atom. The van der Waals surface area contributed by atoms with Gasteiger partial charge in [0, 0.05) is 10.6 Å². The summed E-state index contributed by atoms with van der Waals surface area (Å²) in [5.41, 5.74) is 2.43. The Kier molecular flexibility index (Phi) is 5.05. The molecular weight excluding hydrogens is 346 g/mol. The molecule has 3 aromatic rings. The Morgan fingerprint density at radius 1 is 1.00 bits per heavy atom. The first kappa shape index (κ1) is 17.3. The van der Waals surface area contributed by atoms with Gasteiger partial charge in [-0.25, -0.2) is 0 Å². The lowest BCUT2D eigenvalue weighted by atomic mass is 9.88. The molecule has 0 saturated heterocycles. The minimum Gasteiger partial charge on any atom is -0.339 e. The van der Waals surface area contributed by atoms with Gasteiger partial charge in [-0.3, -0.25) is 0 Å². The molecule has 1 aliphatic rings. The molecule has 0 atom stereocenters. The molecule has 1 N–H and O–H groups in total. The normalized spacial score (nSPS) is 16.0. The Bertz CT molecular complexity index is 839. The molecular formula is C21H22ClN3O. The van der Waals surface area contributed by atoms with Crippen molar-refractivity contribution in [3.05, 3.63) is 82.5 Å². The fourth-order valence-corrected chi connectivity index (χ4v) is 3.89. The molecule has 1 heterocycles. The van der Waals surface area contributed by atoms with Gasteiger partial charge in [-0.05, 0) is 36.1 Å². The van der Waals surface area contributed by atoms with Crippen LogP contribution in [0, 0.1) is 0 Å².